The van der Waals surface area contributed by atoms with E-state index >= 15 is 0 Å². The Labute approximate surface area is 148 Å². The first-order valence-electron chi connectivity index (χ1n) is 8.68. The molecule has 0 radical (unpaired) electrons. The summed E-state index contributed by atoms with van der Waals surface area (Å²) in [6.45, 7) is 1.13. The van der Waals surface area contributed by atoms with Gasteiger partial charge in [0, 0.05) is 25.7 Å². The standard InChI is InChI=1S/C20H24FN3O/c1-22-20(23-13-15-6-4-8-17(21)12-15)24-14-16-7-2-3-11-19(16)25-18-9-5-10-18/h2-4,6-8,11-12,18H,5,9-10,13-14H2,1H3,(H2,22,23,24). The predicted molar refractivity (Wildman–Crippen MR) is 98.1 cm³/mol. The minimum absolute atomic E-state index is 0.232. The highest BCUT2D eigenvalue weighted by molar-refractivity contribution is 5.79. The van der Waals surface area contributed by atoms with Gasteiger partial charge in [0.1, 0.15) is 11.6 Å². The van der Waals surface area contributed by atoms with Crippen LogP contribution in [0.2, 0.25) is 0 Å². The van der Waals surface area contributed by atoms with Crippen LogP contribution in [0, 0.1) is 5.82 Å². The highest BCUT2D eigenvalue weighted by Gasteiger charge is 2.20. The van der Waals surface area contributed by atoms with Gasteiger partial charge in [-0.25, -0.2) is 4.39 Å². The molecule has 2 N–H and O–H groups in total. The molecule has 1 aliphatic rings. The van der Waals surface area contributed by atoms with Crippen molar-refractivity contribution < 1.29 is 9.13 Å². The average Bonchev–Trinajstić information content (AvgIpc) is 2.59. The van der Waals surface area contributed by atoms with Crippen molar-refractivity contribution in [1.82, 2.24) is 10.6 Å². The highest BCUT2D eigenvalue weighted by atomic mass is 19.1. The molecular formula is C20H24FN3O. The molecule has 0 heterocycles. The van der Waals surface area contributed by atoms with E-state index in [4.69, 9.17) is 4.74 Å². The molecule has 0 spiro atoms. The number of aliphatic imine (C=N–C) groups is 1. The van der Waals surface area contributed by atoms with Crippen molar-refractivity contribution in [3.63, 3.8) is 0 Å². The van der Waals surface area contributed by atoms with Gasteiger partial charge in [0.05, 0.1) is 6.10 Å². The van der Waals surface area contributed by atoms with Crippen molar-refractivity contribution in [3.8, 4) is 5.75 Å². The molecule has 0 bridgehead atoms. The maximum Gasteiger partial charge on any atom is 0.191 e. The lowest BCUT2D eigenvalue weighted by Gasteiger charge is -2.27. The van der Waals surface area contributed by atoms with E-state index in [1.165, 1.54) is 18.6 Å². The molecule has 0 unspecified atom stereocenters. The summed E-state index contributed by atoms with van der Waals surface area (Å²) in [4.78, 5) is 4.22. The van der Waals surface area contributed by atoms with Crippen molar-refractivity contribution in [1.29, 1.82) is 0 Å². The third-order valence-electron chi connectivity index (χ3n) is 4.34. The van der Waals surface area contributed by atoms with E-state index in [0.29, 0.717) is 25.2 Å². The fourth-order valence-electron chi connectivity index (χ4n) is 2.67. The Bertz CT molecular complexity index is 728. The topological polar surface area (TPSA) is 45.7 Å². The van der Waals surface area contributed by atoms with Gasteiger partial charge in [-0.05, 0) is 43.0 Å². The van der Waals surface area contributed by atoms with Gasteiger partial charge in [-0.3, -0.25) is 4.99 Å². The first-order valence-corrected chi connectivity index (χ1v) is 8.68. The molecule has 5 heteroatoms. The third-order valence-corrected chi connectivity index (χ3v) is 4.34. The second kappa shape index (κ2) is 8.51. The van der Waals surface area contributed by atoms with E-state index in [0.717, 1.165) is 29.7 Å². The number of para-hydroxylation sites is 1. The number of benzene rings is 2. The van der Waals surface area contributed by atoms with Crippen LogP contribution in [0.25, 0.3) is 0 Å². The van der Waals surface area contributed by atoms with Crippen LogP contribution >= 0.6 is 0 Å². The predicted octanol–water partition coefficient (Wildman–Crippen LogP) is 3.62. The Morgan fingerprint density at radius 1 is 1.12 bits per heavy atom. The quantitative estimate of drug-likeness (QED) is 0.623. The number of rotatable bonds is 6. The summed E-state index contributed by atoms with van der Waals surface area (Å²) < 4.78 is 19.3. The second-order valence-corrected chi connectivity index (χ2v) is 6.19. The Balaban J connectivity index is 1.54. The number of ether oxygens (including phenoxy) is 1. The van der Waals surface area contributed by atoms with Crippen LogP contribution in [0.1, 0.15) is 30.4 Å². The molecule has 1 aliphatic carbocycles. The molecule has 3 rings (SSSR count). The fourth-order valence-corrected chi connectivity index (χ4v) is 2.67. The molecule has 4 nitrogen and oxygen atoms in total. The van der Waals surface area contributed by atoms with E-state index in [9.17, 15) is 4.39 Å². The van der Waals surface area contributed by atoms with Gasteiger partial charge in [0.2, 0.25) is 0 Å². The monoisotopic (exact) mass is 341 g/mol. The number of nitrogens with one attached hydrogen (secondary N) is 2. The smallest absolute Gasteiger partial charge is 0.191 e. The summed E-state index contributed by atoms with van der Waals surface area (Å²) >= 11 is 0. The average molecular weight is 341 g/mol. The number of hydrogen-bond acceptors (Lipinski definition) is 2. The first kappa shape index (κ1) is 17.3. The molecule has 2 aromatic rings. The van der Waals surface area contributed by atoms with Crippen molar-refractivity contribution >= 4 is 5.96 Å². The van der Waals surface area contributed by atoms with Gasteiger partial charge < -0.3 is 15.4 Å². The van der Waals surface area contributed by atoms with Crippen LogP contribution in [0.5, 0.6) is 5.75 Å². The van der Waals surface area contributed by atoms with E-state index in [2.05, 4.69) is 21.7 Å². The zero-order chi connectivity index (χ0) is 17.5. The fraction of sp³-hybridized carbons (Fsp3) is 0.350. The summed E-state index contributed by atoms with van der Waals surface area (Å²) in [5.41, 5.74) is 1.97. The zero-order valence-corrected chi connectivity index (χ0v) is 14.5. The van der Waals surface area contributed by atoms with Gasteiger partial charge in [0.15, 0.2) is 5.96 Å². The zero-order valence-electron chi connectivity index (χ0n) is 14.5. The van der Waals surface area contributed by atoms with Crippen molar-refractivity contribution in [2.45, 2.75) is 38.5 Å². The van der Waals surface area contributed by atoms with Crippen molar-refractivity contribution in [2.24, 2.45) is 4.99 Å². The molecule has 2 aromatic carbocycles. The number of nitrogens with zero attached hydrogens (tertiary/aromatic N) is 1. The van der Waals surface area contributed by atoms with E-state index in [1.54, 1.807) is 13.1 Å². The molecule has 0 atom stereocenters. The van der Waals surface area contributed by atoms with Crippen LogP contribution in [-0.2, 0) is 13.1 Å². The number of guanidine groups is 1. The van der Waals surface area contributed by atoms with Gasteiger partial charge in [-0.15, -0.1) is 0 Å². The maximum absolute atomic E-state index is 13.2. The number of hydrogen-bond donors (Lipinski definition) is 2. The summed E-state index contributed by atoms with van der Waals surface area (Å²) in [6, 6.07) is 14.6. The largest absolute Gasteiger partial charge is 0.490 e. The van der Waals surface area contributed by atoms with Crippen LogP contribution in [0.4, 0.5) is 4.39 Å². The van der Waals surface area contributed by atoms with E-state index in [-0.39, 0.29) is 5.82 Å². The van der Waals surface area contributed by atoms with Gasteiger partial charge >= 0.3 is 0 Å². The Morgan fingerprint density at radius 3 is 2.64 bits per heavy atom. The molecule has 0 amide bonds. The lowest BCUT2D eigenvalue weighted by molar-refractivity contribution is 0.119. The van der Waals surface area contributed by atoms with Crippen LogP contribution < -0.4 is 15.4 Å². The summed E-state index contributed by atoms with van der Waals surface area (Å²) in [5.74, 6) is 1.37. The number of halogens is 1. The normalized spacial score (nSPS) is 14.7. The van der Waals surface area contributed by atoms with Crippen LogP contribution in [0.3, 0.4) is 0 Å². The molecule has 132 valence electrons. The molecular weight excluding hydrogens is 317 g/mol. The molecule has 0 aliphatic heterocycles. The Hall–Kier alpha value is -2.56. The van der Waals surface area contributed by atoms with Gasteiger partial charge in [0.25, 0.3) is 0 Å². The molecule has 0 aromatic heterocycles. The van der Waals surface area contributed by atoms with Gasteiger partial charge in [-0.1, -0.05) is 30.3 Å². The SMILES string of the molecule is CN=C(NCc1cccc(F)c1)NCc1ccccc1OC1CCC1. The molecule has 1 saturated carbocycles. The molecule has 0 saturated heterocycles. The summed E-state index contributed by atoms with van der Waals surface area (Å²) in [5, 5.41) is 6.48. The lowest BCUT2D eigenvalue weighted by atomic mass is 9.96. The van der Waals surface area contributed by atoms with Crippen LogP contribution in [0.15, 0.2) is 53.5 Å². The molecule has 25 heavy (non-hydrogen) atoms. The van der Waals surface area contributed by atoms with Crippen molar-refractivity contribution in [2.75, 3.05) is 7.05 Å². The first-order chi connectivity index (χ1) is 12.2. The van der Waals surface area contributed by atoms with Crippen molar-refractivity contribution in [3.05, 3.63) is 65.5 Å². The minimum atomic E-state index is -0.232. The Kier molecular flexibility index (Phi) is 5.88. The van der Waals surface area contributed by atoms with E-state index in [1.807, 2.05) is 24.3 Å². The Morgan fingerprint density at radius 2 is 1.92 bits per heavy atom. The highest BCUT2D eigenvalue weighted by Crippen LogP contribution is 2.27. The van der Waals surface area contributed by atoms with Gasteiger partial charge in [-0.2, -0.15) is 0 Å². The maximum atomic E-state index is 13.2. The summed E-state index contributed by atoms with van der Waals surface area (Å²) in [6.07, 6.45) is 3.88. The third kappa shape index (κ3) is 4.95. The second-order valence-electron chi connectivity index (χ2n) is 6.19. The molecule has 1 fully saturated rings. The minimum Gasteiger partial charge on any atom is -0.490 e. The lowest BCUT2D eigenvalue weighted by Crippen LogP contribution is -2.36. The summed E-state index contributed by atoms with van der Waals surface area (Å²) in [7, 11) is 1.72. The van der Waals surface area contributed by atoms with E-state index < -0.39 is 0 Å². The van der Waals surface area contributed by atoms with Crippen LogP contribution in [-0.4, -0.2) is 19.1 Å².